The molecule has 11 rings (SSSR count). The Bertz CT molecular complexity index is 3040. The van der Waals surface area contributed by atoms with Crippen LogP contribution in [0.2, 0.25) is 0 Å². The number of benzene rings is 8. The van der Waals surface area contributed by atoms with E-state index in [0.717, 1.165) is 39.2 Å². The van der Waals surface area contributed by atoms with Crippen molar-refractivity contribution >= 4 is 31.5 Å². The van der Waals surface area contributed by atoms with Crippen LogP contribution in [0.25, 0.3) is 76.3 Å². The molecule has 1 aliphatic carbocycles. The summed E-state index contributed by atoms with van der Waals surface area (Å²) in [5.41, 5.74) is 14.4. The van der Waals surface area contributed by atoms with Crippen LogP contribution in [0, 0.1) is 0 Å². The number of fused-ring (bicyclic) bond motifs is 6. The van der Waals surface area contributed by atoms with E-state index in [0.29, 0.717) is 5.82 Å². The Balaban J connectivity index is 1.15. The molecule has 0 amide bonds. The summed E-state index contributed by atoms with van der Waals surface area (Å²) >= 11 is 1.83. The van der Waals surface area contributed by atoms with E-state index in [4.69, 9.17) is 9.97 Å². The smallest absolute Gasteiger partial charge is 0.160 e. The zero-order valence-electron chi connectivity index (χ0n) is 30.4. The third kappa shape index (κ3) is 5.02. The summed E-state index contributed by atoms with van der Waals surface area (Å²) in [6.45, 7) is 0. The summed E-state index contributed by atoms with van der Waals surface area (Å²) in [5, 5.41) is 2.49. The lowest BCUT2D eigenvalue weighted by Crippen LogP contribution is -2.28. The molecule has 2 aromatic heterocycles. The fourth-order valence-corrected chi connectivity index (χ4v) is 10.1. The molecule has 0 bridgehead atoms. The molecule has 8 aromatic carbocycles. The van der Waals surface area contributed by atoms with Crippen LogP contribution in [-0.4, -0.2) is 9.97 Å². The third-order valence-electron chi connectivity index (χ3n) is 11.4. The number of nitrogens with zero attached hydrogens (tertiary/aromatic N) is 2. The Morgan fingerprint density at radius 2 is 0.911 bits per heavy atom. The maximum absolute atomic E-state index is 5.34. The van der Waals surface area contributed by atoms with Gasteiger partial charge in [0.2, 0.25) is 0 Å². The van der Waals surface area contributed by atoms with Crippen molar-refractivity contribution in [2.24, 2.45) is 0 Å². The first-order valence-electron chi connectivity index (χ1n) is 19.1. The van der Waals surface area contributed by atoms with Gasteiger partial charge in [-0.25, -0.2) is 9.97 Å². The van der Waals surface area contributed by atoms with Crippen molar-refractivity contribution in [1.82, 2.24) is 9.97 Å². The Kier molecular flexibility index (Phi) is 7.61. The van der Waals surface area contributed by atoms with Gasteiger partial charge in [0, 0.05) is 36.9 Å². The predicted molar refractivity (Wildman–Crippen MR) is 234 cm³/mol. The minimum atomic E-state index is -0.482. The van der Waals surface area contributed by atoms with Crippen LogP contribution in [0.15, 0.2) is 206 Å². The lowest BCUT2D eigenvalue weighted by atomic mass is 9.67. The summed E-state index contributed by atoms with van der Waals surface area (Å²) in [5.74, 6) is 0.709. The zero-order valence-corrected chi connectivity index (χ0v) is 31.2. The second-order valence-corrected chi connectivity index (χ2v) is 15.5. The number of rotatable bonds is 6. The van der Waals surface area contributed by atoms with Gasteiger partial charge in [0.15, 0.2) is 5.82 Å². The third-order valence-corrected chi connectivity index (χ3v) is 12.5. The van der Waals surface area contributed by atoms with E-state index in [-0.39, 0.29) is 0 Å². The van der Waals surface area contributed by atoms with Gasteiger partial charge >= 0.3 is 0 Å². The van der Waals surface area contributed by atoms with Crippen molar-refractivity contribution < 1.29 is 0 Å². The fourth-order valence-electron chi connectivity index (χ4n) is 9.00. The zero-order chi connectivity index (χ0) is 37.1. The highest BCUT2D eigenvalue weighted by atomic mass is 32.1. The Morgan fingerprint density at radius 3 is 1.66 bits per heavy atom. The molecule has 0 radical (unpaired) electrons. The molecule has 1 aliphatic rings. The van der Waals surface area contributed by atoms with Crippen molar-refractivity contribution in [1.29, 1.82) is 0 Å². The van der Waals surface area contributed by atoms with Crippen LogP contribution in [0.5, 0.6) is 0 Å². The normalized spacial score (nSPS) is 12.8. The van der Waals surface area contributed by atoms with Gasteiger partial charge in [0.1, 0.15) is 0 Å². The van der Waals surface area contributed by atoms with Crippen LogP contribution in [-0.2, 0) is 5.41 Å². The van der Waals surface area contributed by atoms with Crippen molar-refractivity contribution in [3.05, 3.63) is 229 Å². The number of aromatic nitrogens is 2. The Morgan fingerprint density at radius 1 is 0.357 bits per heavy atom. The van der Waals surface area contributed by atoms with Gasteiger partial charge < -0.3 is 0 Å². The van der Waals surface area contributed by atoms with E-state index in [1.165, 1.54) is 53.6 Å². The lowest BCUT2D eigenvalue weighted by molar-refractivity contribution is 0.769. The minimum absolute atomic E-state index is 0.482. The largest absolute Gasteiger partial charge is 0.228 e. The summed E-state index contributed by atoms with van der Waals surface area (Å²) in [7, 11) is 0. The highest BCUT2D eigenvalue weighted by Gasteiger charge is 2.46. The molecule has 0 unspecified atom stereocenters. The van der Waals surface area contributed by atoms with Crippen molar-refractivity contribution in [3.63, 3.8) is 0 Å². The first-order chi connectivity index (χ1) is 27.8. The maximum Gasteiger partial charge on any atom is 0.160 e. The summed E-state index contributed by atoms with van der Waals surface area (Å²) in [6.07, 6.45) is 0. The van der Waals surface area contributed by atoms with Gasteiger partial charge in [-0.1, -0.05) is 182 Å². The molecule has 0 aliphatic heterocycles. The predicted octanol–water partition coefficient (Wildman–Crippen LogP) is 13.9. The summed E-state index contributed by atoms with van der Waals surface area (Å²) < 4.78 is 2.53. The van der Waals surface area contributed by atoms with Crippen molar-refractivity contribution in [2.75, 3.05) is 0 Å². The van der Waals surface area contributed by atoms with Gasteiger partial charge in [-0.2, -0.15) is 0 Å². The molecule has 2 nitrogen and oxygen atoms in total. The van der Waals surface area contributed by atoms with Gasteiger partial charge in [-0.3, -0.25) is 0 Å². The van der Waals surface area contributed by atoms with E-state index < -0.39 is 5.41 Å². The first-order valence-corrected chi connectivity index (χ1v) is 19.9. The molecule has 2 heterocycles. The van der Waals surface area contributed by atoms with Crippen LogP contribution in [0.4, 0.5) is 0 Å². The average molecular weight is 731 g/mol. The topological polar surface area (TPSA) is 25.8 Å². The number of hydrogen-bond acceptors (Lipinski definition) is 3. The quantitative estimate of drug-likeness (QED) is 0.170. The second-order valence-electron chi connectivity index (χ2n) is 14.4. The van der Waals surface area contributed by atoms with Gasteiger partial charge in [0.05, 0.1) is 16.8 Å². The molecule has 56 heavy (non-hydrogen) atoms. The fraction of sp³-hybridized carbons (Fsp3) is 0.0189. The van der Waals surface area contributed by atoms with E-state index >= 15 is 0 Å². The summed E-state index contributed by atoms with van der Waals surface area (Å²) in [6, 6.07) is 74.5. The highest BCUT2D eigenvalue weighted by molar-refractivity contribution is 7.25. The van der Waals surface area contributed by atoms with Crippen LogP contribution < -0.4 is 0 Å². The molecule has 0 saturated heterocycles. The van der Waals surface area contributed by atoms with Gasteiger partial charge in [0.25, 0.3) is 0 Å². The van der Waals surface area contributed by atoms with Gasteiger partial charge in [-0.15, -0.1) is 11.3 Å². The number of hydrogen-bond donors (Lipinski definition) is 0. The molecule has 10 aromatic rings. The molecule has 3 heteroatoms. The van der Waals surface area contributed by atoms with Crippen LogP contribution in [0.3, 0.4) is 0 Å². The maximum atomic E-state index is 5.34. The molecule has 0 saturated carbocycles. The standard InChI is InChI=1S/C53H34N2S/c1-4-17-35(18-5-1)52-54-47(34-48(55-52)43-27-16-30-50-51(43)44-26-13-15-29-49(44)56-50)42-25-11-10-23-39(42)36-31-32-41-40-24-12-14-28-45(40)53(46(41)33-36,37-19-6-2-7-20-37)38-21-8-3-9-22-38/h1-34H. The van der Waals surface area contributed by atoms with Crippen LogP contribution in [0.1, 0.15) is 22.3 Å². The van der Waals surface area contributed by atoms with E-state index in [1.54, 1.807) is 0 Å². The van der Waals surface area contributed by atoms with Crippen LogP contribution >= 0.6 is 11.3 Å². The first kappa shape index (κ1) is 32.5. The lowest BCUT2D eigenvalue weighted by Gasteiger charge is -2.34. The highest BCUT2D eigenvalue weighted by Crippen LogP contribution is 2.57. The van der Waals surface area contributed by atoms with Gasteiger partial charge in [-0.05, 0) is 68.8 Å². The molecule has 0 spiro atoms. The Hall–Kier alpha value is -6.94. The average Bonchev–Trinajstić information content (AvgIpc) is 3.81. The molecule has 0 N–H and O–H groups in total. The molecule has 0 fully saturated rings. The molecule has 0 atom stereocenters. The molecule has 262 valence electrons. The van der Waals surface area contributed by atoms with Crippen molar-refractivity contribution in [2.45, 2.75) is 5.41 Å². The van der Waals surface area contributed by atoms with Crippen molar-refractivity contribution in [3.8, 4) is 56.2 Å². The van der Waals surface area contributed by atoms with E-state index in [2.05, 4.69) is 200 Å². The minimum Gasteiger partial charge on any atom is -0.228 e. The molecular weight excluding hydrogens is 697 g/mol. The summed E-state index contributed by atoms with van der Waals surface area (Å²) in [4.78, 5) is 10.6. The monoisotopic (exact) mass is 730 g/mol. The van der Waals surface area contributed by atoms with E-state index in [1.807, 2.05) is 17.4 Å². The van der Waals surface area contributed by atoms with E-state index in [9.17, 15) is 0 Å². The number of thiophene rings is 1. The second kappa shape index (κ2) is 13.1. The SMILES string of the molecule is c1ccc(-c2nc(-c3ccccc3-c3ccc4c(c3)C(c3ccccc3)(c3ccccc3)c3ccccc3-4)cc(-c3cccc4sc5ccccc5c34)n2)cc1. The Labute approximate surface area is 330 Å². The molecular formula is C53H34N2S.